The van der Waals surface area contributed by atoms with E-state index in [9.17, 15) is 0 Å². The second kappa shape index (κ2) is 8.24. The summed E-state index contributed by atoms with van der Waals surface area (Å²) in [5.74, 6) is 2.81. The lowest BCUT2D eigenvalue weighted by atomic mass is 10.2. The average Bonchev–Trinajstić information content (AvgIpc) is 3.12. The van der Waals surface area contributed by atoms with E-state index in [2.05, 4.69) is 43.1 Å². The molecule has 4 rings (SSSR count). The summed E-state index contributed by atoms with van der Waals surface area (Å²) in [6.07, 6.45) is 5.00. The Balaban J connectivity index is 1.50. The lowest BCUT2D eigenvalue weighted by Crippen LogP contribution is -2.19. The number of fused-ring (bicyclic) bond motifs is 1. The number of likely N-dealkylation sites (N-methyl/N-ethyl adjacent to an activating group) is 1. The van der Waals surface area contributed by atoms with Crippen LogP contribution in [0.15, 0.2) is 55.2 Å². The highest BCUT2D eigenvalue weighted by Gasteiger charge is 2.08. The van der Waals surface area contributed by atoms with Crippen LogP contribution in [0.25, 0.3) is 16.9 Å². The molecule has 0 aliphatic carbocycles. The number of imidazole rings is 1. The Bertz CT molecular complexity index is 1110. The van der Waals surface area contributed by atoms with Gasteiger partial charge in [-0.3, -0.25) is 4.57 Å². The first-order chi connectivity index (χ1) is 14.1. The highest BCUT2D eigenvalue weighted by molar-refractivity contribution is 5.78. The number of aryl methyl sites for hydroxylation is 1. The van der Waals surface area contributed by atoms with Crippen molar-refractivity contribution in [1.82, 2.24) is 29.4 Å². The molecule has 8 heteroatoms. The number of hydrogen-bond acceptors (Lipinski definition) is 7. The van der Waals surface area contributed by atoms with Crippen LogP contribution in [0, 0.1) is 6.92 Å². The first-order valence-electron chi connectivity index (χ1n) is 9.35. The molecule has 1 N–H and O–H groups in total. The topological polar surface area (TPSA) is 81.0 Å². The molecule has 0 aliphatic rings. The summed E-state index contributed by atoms with van der Waals surface area (Å²) in [5, 5.41) is 3.21. The first-order valence-corrected chi connectivity index (χ1v) is 9.35. The molecule has 0 aliphatic heterocycles. The number of nitrogens with zero attached hydrogens (tertiary/aromatic N) is 6. The summed E-state index contributed by atoms with van der Waals surface area (Å²) in [6.45, 7) is 3.53. The Kier molecular flexibility index (Phi) is 5.35. The number of pyridine rings is 1. The molecule has 0 radical (unpaired) electrons. The van der Waals surface area contributed by atoms with Crippen molar-refractivity contribution in [2.45, 2.75) is 6.92 Å². The largest absolute Gasteiger partial charge is 0.491 e. The third kappa shape index (κ3) is 4.49. The van der Waals surface area contributed by atoms with Gasteiger partial charge >= 0.3 is 0 Å². The van der Waals surface area contributed by atoms with Crippen LogP contribution in [-0.4, -0.2) is 56.6 Å². The number of hydrogen-bond donors (Lipinski definition) is 1. The van der Waals surface area contributed by atoms with Crippen LogP contribution >= 0.6 is 0 Å². The molecule has 148 valence electrons. The van der Waals surface area contributed by atoms with E-state index >= 15 is 0 Å². The number of rotatable bonds is 7. The predicted molar refractivity (Wildman–Crippen MR) is 113 cm³/mol. The molecule has 1 aromatic carbocycles. The summed E-state index contributed by atoms with van der Waals surface area (Å²) in [4.78, 5) is 19.6. The minimum atomic E-state index is 0.620. The lowest BCUT2D eigenvalue weighted by molar-refractivity contribution is 0.260. The predicted octanol–water partition coefficient (Wildman–Crippen LogP) is 3.20. The van der Waals surface area contributed by atoms with E-state index in [1.54, 1.807) is 12.5 Å². The molecule has 3 heterocycles. The van der Waals surface area contributed by atoms with Gasteiger partial charge in [-0.15, -0.1) is 0 Å². The minimum absolute atomic E-state index is 0.620. The van der Waals surface area contributed by atoms with Gasteiger partial charge in [-0.2, -0.15) is 0 Å². The van der Waals surface area contributed by atoms with Gasteiger partial charge in [-0.05, 0) is 50.8 Å². The van der Waals surface area contributed by atoms with E-state index in [4.69, 9.17) is 4.74 Å². The Morgan fingerprint density at radius 3 is 2.69 bits per heavy atom. The van der Waals surface area contributed by atoms with Crippen molar-refractivity contribution in [3.8, 4) is 11.6 Å². The van der Waals surface area contributed by atoms with Gasteiger partial charge in [0.2, 0.25) is 0 Å². The zero-order valence-electron chi connectivity index (χ0n) is 16.7. The molecule has 8 nitrogen and oxygen atoms in total. The van der Waals surface area contributed by atoms with Gasteiger partial charge in [0.1, 0.15) is 42.5 Å². The molecule has 4 aromatic rings. The highest BCUT2D eigenvalue weighted by Crippen LogP contribution is 2.21. The molecule has 29 heavy (non-hydrogen) atoms. The Hall–Kier alpha value is -3.52. The van der Waals surface area contributed by atoms with E-state index in [0.717, 1.165) is 29.1 Å². The maximum Gasteiger partial charge on any atom is 0.143 e. The highest BCUT2D eigenvalue weighted by atomic mass is 16.5. The average molecular weight is 389 g/mol. The quantitative estimate of drug-likeness (QED) is 0.520. The molecule has 0 spiro atoms. The molecule has 0 fully saturated rings. The monoisotopic (exact) mass is 389 g/mol. The van der Waals surface area contributed by atoms with Crippen LogP contribution in [-0.2, 0) is 0 Å². The standard InChI is InChI=1S/C21H23N7O/c1-15-4-6-17-18(10-15)28(14-25-17)21-11-20(23-13-24-21)26-19-7-5-16(12-22-19)29-9-8-27(2)3/h4-7,10-14H,8-9H2,1-3H3,(H,22,23,24,26). The number of ether oxygens (including phenoxy) is 1. The Labute approximate surface area is 169 Å². The van der Waals surface area contributed by atoms with Crippen LogP contribution in [0.4, 0.5) is 11.6 Å². The van der Waals surface area contributed by atoms with Crippen molar-refractivity contribution in [3.63, 3.8) is 0 Å². The van der Waals surface area contributed by atoms with Crippen LogP contribution in [0.1, 0.15) is 5.56 Å². The van der Waals surface area contributed by atoms with Crippen molar-refractivity contribution in [2.75, 3.05) is 32.6 Å². The second-order valence-electron chi connectivity index (χ2n) is 7.02. The fraction of sp³-hybridized carbons (Fsp3) is 0.238. The SMILES string of the molecule is Cc1ccc2ncn(-c3cc(Nc4ccc(OCCN(C)C)cn4)ncn3)c2c1. The smallest absolute Gasteiger partial charge is 0.143 e. The van der Waals surface area contributed by atoms with Crippen molar-refractivity contribution in [1.29, 1.82) is 0 Å². The summed E-state index contributed by atoms with van der Waals surface area (Å²) < 4.78 is 7.62. The fourth-order valence-corrected chi connectivity index (χ4v) is 2.86. The van der Waals surface area contributed by atoms with Crippen molar-refractivity contribution in [2.24, 2.45) is 0 Å². The van der Waals surface area contributed by atoms with E-state index in [-0.39, 0.29) is 0 Å². The molecule has 0 atom stereocenters. The maximum absolute atomic E-state index is 5.67. The van der Waals surface area contributed by atoms with Crippen molar-refractivity contribution < 1.29 is 4.74 Å². The van der Waals surface area contributed by atoms with Gasteiger partial charge in [0.25, 0.3) is 0 Å². The van der Waals surface area contributed by atoms with Crippen LogP contribution < -0.4 is 10.1 Å². The third-order valence-electron chi connectivity index (χ3n) is 4.40. The molecular formula is C21H23N7O. The Morgan fingerprint density at radius 1 is 1.00 bits per heavy atom. The van der Waals surface area contributed by atoms with Gasteiger partial charge in [0, 0.05) is 12.6 Å². The molecule has 0 amide bonds. The zero-order chi connectivity index (χ0) is 20.2. The number of anilines is 2. The van der Waals surface area contributed by atoms with Crippen molar-refractivity contribution >= 4 is 22.7 Å². The van der Waals surface area contributed by atoms with Crippen LogP contribution in [0.2, 0.25) is 0 Å². The van der Waals surface area contributed by atoms with E-state index in [0.29, 0.717) is 18.2 Å². The molecular weight excluding hydrogens is 366 g/mol. The molecule has 0 bridgehead atoms. The van der Waals surface area contributed by atoms with Gasteiger partial charge in [-0.25, -0.2) is 19.9 Å². The first kappa shape index (κ1) is 18.8. The van der Waals surface area contributed by atoms with Crippen LogP contribution in [0.5, 0.6) is 5.75 Å². The maximum atomic E-state index is 5.67. The van der Waals surface area contributed by atoms with E-state index in [1.165, 1.54) is 11.9 Å². The van der Waals surface area contributed by atoms with Crippen LogP contribution in [0.3, 0.4) is 0 Å². The number of benzene rings is 1. The second-order valence-corrected chi connectivity index (χ2v) is 7.02. The lowest BCUT2D eigenvalue weighted by Gasteiger charge is -2.11. The summed E-state index contributed by atoms with van der Waals surface area (Å²) in [5.41, 5.74) is 3.10. The zero-order valence-corrected chi connectivity index (χ0v) is 16.7. The molecule has 0 unspecified atom stereocenters. The van der Waals surface area contributed by atoms with Gasteiger partial charge < -0.3 is 15.0 Å². The molecule has 0 saturated heterocycles. The summed E-state index contributed by atoms with van der Waals surface area (Å²) in [7, 11) is 4.02. The minimum Gasteiger partial charge on any atom is -0.491 e. The third-order valence-corrected chi connectivity index (χ3v) is 4.40. The molecule has 3 aromatic heterocycles. The van der Waals surface area contributed by atoms with Gasteiger partial charge in [0.05, 0.1) is 17.2 Å². The Morgan fingerprint density at radius 2 is 1.90 bits per heavy atom. The van der Waals surface area contributed by atoms with Crippen molar-refractivity contribution in [3.05, 3.63) is 60.8 Å². The summed E-state index contributed by atoms with van der Waals surface area (Å²) >= 11 is 0. The van der Waals surface area contributed by atoms with E-state index in [1.807, 2.05) is 49.0 Å². The van der Waals surface area contributed by atoms with Gasteiger partial charge in [-0.1, -0.05) is 6.07 Å². The van der Waals surface area contributed by atoms with E-state index < -0.39 is 0 Å². The number of aromatic nitrogens is 5. The normalized spacial score (nSPS) is 11.2. The fourth-order valence-electron chi connectivity index (χ4n) is 2.86. The summed E-state index contributed by atoms with van der Waals surface area (Å²) in [6, 6.07) is 11.8. The molecule has 0 saturated carbocycles. The number of nitrogens with one attached hydrogen (secondary N) is 1. The van der Waals surface area contributed by atoms with Gasteiger partial charge in [0.15, 0.2) is 0 Å².